The highest BCUT2D eigenvalue weighted by atomic mass is 16.5. The van der Waals surface area contributed by atoms with Crippen LogP contribution in [0.15, 0.2) is 42.5 Å². The lowest BCUT2D eigenvalue weighted by Crippen LogP contribution is -2.73. The van der Waals surface area contributed by atoms with Crippen LogP contribution >= 0.6 is 0 Å². The first kappa shape index (κ1) is 23.9. The molecule has 0 aromatic heterocycles. The van der Waals surface area contributed by atoms with Gasteiger partial charge < -0.3 is 24.7 Å². The maximum Gasteiger partial charge on any atom is 0.246 e. The molecule has 1 saturated carbocycles. The lowest BCUT2D eigenvalue weighted by Gasteiger charge is -2.64. The molecular formula is C29H36N2O4. The summed E-state index contributed by atoms with van der Waals surface area (Å²) in [4.78, 5) is 17.3. The van der Waals surface area contributed by atoms with Crippen molar-refractivity contribution in [3.05, 3.63) is 64.7 Å². The minimum absolute atomic E-state index is 0.00109. The Balaban J connectivity index is 1.50. The van der Waals surface area contributed by atoms with Gasteiger partial charge in [-0.15, -0.1) is 0 Å². The van der Waals surface area contributed by atoms with Gasteiger partial charge in [0, 0.05) is 36.2 Å². The van der Waals surface area contributed by atoms with E-state index in [9.17, 15) is 15.0 Å². The average Bonchev–Trinajstić information content (AvgIpc) is 2.84. The fraction of sp³-hybridized carbons (Fsp3) is 0.483. The highest BCUT2D eigenvalue weighted by molar-refractivity contribution is 5.91. The van der Waals surface area contributed by atoms with E-state index in [4.69, 9.17) is 4.74 Å². The van der Waals surface area contributed by atoms with E-state index < -0.39 is 11.0 Å². The van der Waals surface area contributed by atoms with Crippen LogP contribution in [0.25, 0.3) is 6.08 Å². The molecule has 1 saturated heterocycles. The number of methoxy groups -OCH3 is 1. The van der Waals surface area contributed by atoms with Gasteiger partial charge in [-0.3, -0.25) is 4.79 Å². The molecule has 1 amide bonds. The number of likely N-dealkylation sites (N-methyl/N-ethyl adjacent to an activating group) is 2. The van der Waals surface area contributed by atoms with E-state index in [1.807, 2.05) is 49.2 Å². The molecule has 2 aromatic rings. The van der Waals surface area contributed by atoms with Crippen LogP contribution in [0.1, 0.15) is 47.9 Å². The van der Waals surface area contributed by atoms with Crippen molar-refractivity contribution in [3.63, 3.8) is 0 Å². The number of phenols is 1. The standard InChI is InChI=1S/C29H36N2O4/c1-19-6-5-7-20(16-19)8-11-25(33)31(3)22-12-13-29(34)24-17-21-9-10-23(32)27(35-4)26(21)28(29,18-22)14-15-30(24)2/h5-11,16,22,24,32,34H,12-15,17-18H2,1-4H3/b11-8+/t22?,24-,28-,29-/m1/s1. The van der Waals surface area contributed by atoms with Crippen LogP contribution in [0.2, 0.25) is 0 Å². The maximum absolute atomic E-state index is 13.2. The van der Waals surface area contributed by atoms with Gasteiger partial charge in [0.25, 0.3) is 0 Å². The van der Waals surface area contributed by atoms with Crippen molar-refractivity contribution in [2.45, 2.75) is 62.1 Å². The van der Waals surface area contributed by atoms with Gasteiger partial charge >= 0.3 is 0 Å². The summed E-state index contributed by atoms with van der Waals surface area (Å²) in [5.74, 6) is 0.535. The number of amides is 1. The largest absolute Gasteiger partial charge is 0.504 e. The van der Waals surface area contributed by atoms with Gasteiger partial charge in [0.1, 0.15) is 0 Å². The summed E-state index contributed by atoms with van der Waals surface area (Å²) >= 11 is 0. The number of aliphatic hydroxyl groups is 1. The highest BCUT2D eigenvalue weighted by Gasteiger charge is 2.65. The van der Waals surface area contributed by atoms with Gasteiger partial charge in [0.2, 0.25) is 5.91 Å². The van der Waals surface area contributed by atoms with E-state index in [0.29, 0.717) is 18.6 Å². The lowest BCUT2D eigenvalue weighted by atomic mass is 9.48. The highest BCUT2D eigenvalue weighted by Crippen LogP contribution is 2.61. The number of piperidine rings is 1. The van der Waals surface area contributed by atoms with Crippen molar-refractivity contribution in [1.29, 1.82) is 0 Å². The van der Waals surface area contributed by atoms with E-state index >= 15 is 0 Å². The number of aromatic hydroxyl groups is 1. The third-order valence-corrected chi connectivity index (χ3v) is 8.92. The SMILES string of the molecule is COc1c(O)ccc2c1[C@]13CCN(C)[C@H](C2)[C@]1(O)CCC(N(C)C(=O)/C=C/c1cccc(C)c1)C3. The zero-order valence-electron chi connectivity index (χ0n) is 21.1. The van der Waals surface area contributed by atoms with E-state index in [0.717, 1.165) is 48.1 Å². The molecule has 2 aromatic carbocycles. The molecule has 2 fully saturated rings. The third-order valence-electron chi connectivity index (χ3n) is 8.92. The van der Waals surface area contributed by atoms with Crippen LogP contribution in [0.5, 0.6) is 11.5 Å². The summed E-state index contributed by atoms with van der Waals surface area (Å²) in [7, 11) is 5.54. The van der Waals surface area contributed by atoms with Crippen LogP contribution in [-0.4, -0.2) is 71.4 Å². The number of carbonyl (C=O) groups is 1. The monoisotopic (exact) mass is 476 g/mol. The molecule has 6 heteroatoms. The van der Waals surface area contributed by atoms with Crippen molar-refractivity contribution in [3.8, 4) is 11.5 Å². The topological polar surface area (TPSA) is 73.2 Å². The number of hydrogen-bond donors (Lipinski definition) is 2. The predicted molar refractivity (Wildman–Crippen MR) is 137 cm³/mol. The van der Waals surface area contributed by atoms with E-state index in [1.54, 1.807) is 19.3 Å². The zero-order valence-corrected chi connectivity index (χ0v) is 21.1. The van der Waals surface area contributed by atoms with E-state index in [1.165, 1.54) is 0 Å². The zero-order chi connectivity index (χ0) is 25.0. The first-order chi connectivity index (χ1) is 16.7. The Morgan fingerprint density at radius 1 is 1.26 bits per heavy atom. The number of rotatable bonds is 4. The second kappa shape index (κ2) is 8.68. The van der Waals surface area contributed by atoms with Gasteiger partial charge in [0.05, 0.1) is 12.7 Å². The molecule has 2 N–H and O–H groups in total. The number of ether oxygens (including phenoxy) is 1. The average molecular weight is 477 g/mol. The quantitative estimate of drug-likeness (QED) is 0.659. The van der Waals surface area contributed by atoms with Crippen molar-refractivity contribution in [2.24, 2.45) is 0 Å². The normalized spacial score (nSPS) is 30.0. The molecule has 2 aliphatic carbocycles. The lowest BCUT2D eigenvalue weighted by molar-refractivity contribution is -0.173. The molecular weight excluding hydrogens is 440 g/mol. The number of hydrogen-bond acceptors (Lipinski definition) is 5. The Morgan fingerprint density at radius 3 is 2.80 bits per heavy atom. The number of likely N-dealkylation sites (tertiary alicyclic amines) is 1. The van der Waals surface area contributed by atoms with Crippen LogP contribution in [0, 0.1) is 6.92 Å². The minimum Gasteiger partial charge on any atom is -0.504 e. The first-order valence-corrected chi connectivity index (χ1v) is 12.5. The van der Waals surface area contributed by atoms with E-state index in [2.05, 4.69) is 18.0 Å². The Labute approximate surface area is 207 Å². The molecule has 5 rings (SSSR count). The first-order valence-electron chi connectivity index (χ1n) is 12.5. The van der Waals surface area contributed by atoms with Gasteiger partial charge in [-0.1, -0.05) is 35.9 Å². The summed E-state index contributed by atoms with van der Waals surface area (Å²) in [5.41, 5.74) is 2.69. The molecule has 2 bridgehead atoms. The Bertz CT molecular complexity index is 1180. The van der Waals surface area contributed by atoms with Gasteiger partial charge in [-0.05, 0) is 75.9 Å². The molecule has 1 heterocycles. The molecule has 6 nitrogen and oxygen atoms in total. The van der Waals surface area contributed by atoms with Crippen molar-refractivity contribution in [1.82, 2.24) is 9.80 Å². The molecule has 0 spiro atoms. The van der Waals surface area contributed by atoms with Crippen LogP contribution in [-0.2, 0) is 16.6 Å². The minimum atomic E-state index is -0.939. The second-order valence-corrected chi connectivity index (χ2v) is 10.7. The van der Waals surface area contributed by atoms with Crippen LogP contribution in [0.4, 0.5) is 0 Å². The van der Waals surface area contributed by atoms with Crippen molar-refractivity contribution >= 4 is 12.0 Å². The number of nitrogens with zero attached hydrogens (tertiary/aromatic N) is 2. The number of fused-ring (bicyclic) bond motifs is 1. The van der Waals surface area contributed by atoms with Crippen molar-refractivity contribution < 1.29 is 19.7 Å². The maximum atomic E-state index is 13.2. The number of aryl methyl sites for hydroxylation is 1. The molecule has 186 valence electrons. The molecule has 4 atom stereocenters. The number of carbonyl (C=O) groups excluding carboxylic acids is 1. The Kier molecular flexibility index (Phi) is 5.93. The Morgan fingerprint density at radius 2 is 2.06 bits per heavy atom. The van der Waals surface area contributed by atoms with Crippen molar-refractivity contribution in [2.75, 3.05) is 27.7 Å². The van der Waals surface area contributed by atoms with Crippen LogP contribution in [0.3, 0.4) is 0 Å². The van der Waals surface area contributed by atoms with E-state index in [-0.39, 0.29) is 23.7 Å². The van der Waals surface area contributed by atoms with Crippen LogP contribution < -0.4 is 4.74 Å². The smallest absolute Gasteiger partial charge is 0.246 e. The third kappa shape index (κ3) is 3.66. The summed E-state index contributed by atoms with van der Waals surface area (Å²) < 4.78 is 5.72. The van der Waals surface area contributed by atoms with Gasteiger partial charge in [0.15, 0.2) is 11.5 Å². The molecule has 3 aliphatic rings. The van der Waals surface area contributed by atoms with Gasteiger partial charge in [-0.25, -0.2) is 0 Å². The summed E-state index contributed by atoms with van der Waals surface area (Å²) in [5, 5.41) is 23.0. The number of phenolic OH excluding ortho intramolecular Hbond substituents is 1. The molecule has 1 unspecified atom stereocenters. The second-order valence-electron chi connectivity index (χ2n) is 10.7. The summed E-state index contributed by atoms with van der Waals surface area (Å²) in [6, 6.07) is 11.7. The van der Waals surface area contributed by atoms with Gasteiger partial charge in [-0.2, -0.15) is 0 Å². The Hall–Kier alpha value is -2.83. The fourth-order valence-electron chi connectivity index (χ4n) is 7.06. The molecule has 35 heavy (non-hydrogen) atoms. The fourth-order valence-corrected chi connectivity index (χ4v) is 7.06. The molecule has 0 radical (unpaired) electrons. The molecule has 1 aliphatic heterocycles. The summed E-state index contributed by atoms with van der Waals surface area (Å²) in [6.45, 7) is 2.89. The predicted octanol–water partition coefficient (Wildman–Crippen LogP) is 3.66. The number of benzene rings is 2. The summed E-state index contributed by atoms with van der Waals surface area (Å²) in [6.07, 6.45) is 6.96.